The molecule has 0 aliphatic heterocycles. The number of aryl methyl sites for hydroxylation is 2. The molecule has 1 aliphatic rings. The molecular formula is C17H14F2O. The Balaban J connectivity index is 1.80. The van der Waals surface area contributed by atoms with Gasteiger partial charge in [0.15, 0.2) is 17.4 Å². The van der Waals surface area contributed by atoms with Gasteiger partial charge in [-0.25, -0.2) is 8.78 Å². The number of carbonyl (C=O) groups excluding carboxylic acids is 1. The number of benzene rings is 2. The van der Waals surface area contributed by atoms with Crippen LogP contribution in [0.3, 0.4) is 0 Å². The van der Waals surface area contributed by atoms with E-state index in [4.69, 9.17) is 0 Å². The van der Waals surface area contributed by atoms with Crippen LogP contribution in [0.15, 0.2) is 36.4 Å². The molecule has 0 spiro atoms. The molecule has 0 fully saturated rings. The molecule has 0 bridgehead atoms. The summed E-state index contributed by atoms with van der Waals surface area (Å²) in [7, 11) is 0. The van der Waals surface area contributed by atoms with Crippen molar-refractivity contribution >= 4 is 5.78 Å². The van der Waals surface area contributed by atoms with E-state index in [2.05, 4.69) is 0 Å². The van der Waals surface area contributed by atoms with Gasteiger partial charge in [-0.3, -0.25) is 4.79 Å². The van der Waals surface area contributed by atoms with Crippen LogP contribution in [0.1, 0.15) is 33.5 Å². The fourth-order valence-corrected chi connectivity index (χ4v) is 2.68. The van der Waals surface area contributed by atoms with Gasteiger partial charge in [-0.15, -0.1) is 0 Å². The van der Waals surface area contributed by atoms with Crippen LogP contribution in [0.5, 0.6) is 0 Å². The van der Waals surface area contributed by atoms with E-state index < -0.39 is 11.6 Å². The van der Waals surface area contributed by atoms with Crippen molar-refractivity contribution in [2.45, 2.75) is 25.7 Å². The lowest BCUT2D eigenvalue weighted by Crippen LogP contribution is -2.05. The number of fused-ring (bicyclic) bond motifs is 1. The smallest absolute Gasteiger partial charge is 0.167 e. The second-order valence-electron chi connectivity index (χ2n) is 5.19. The van der Waals surface area contributed by atoms with Crippen LogP contribution in [0, 0.1) is 11.6 Å². The van der Waals surface area contributed by atoms with E-state index in [1.807, 2.05) is 18.2 Å². The van der Waals surface area contributed by atoms with Crippen LogP contribution >= 0.6 is 0 Å². The van der Waals surface area contributed by atoms with Gasteiger partial charge in [0.25, 0.3) is 0 Å². The van der Waals surface area contributed by atoms with E-state index in [0.29, 0.717) is 11.1 Å². The molecule has 0 saturated heterocycles. The summed E-state index contributed by atoms with van der Waals surface area (Å²) in [4.78, 5) is 12.2. The average Bonchev–Trinajstić information content (AvgIpc) is 2.90. The minimum absolute atomic E-state index is 0.0642. The number of halogens is 2. The zero-order chi connectivity index (χ0) is 14.1. The number of hydrogen-bond acceptors (Lipinski definition) is 1. The van der Waals surface area contributed by atoms with Crippen molar-refractivity contribution in [3.63, 3.8) is 0 Å². The first-order valence-electron chi connectivity index (χ1n) is 6.72. The third kappa shape index (κ3) is 2.48. The van der Waals surface area contributed by atoms with Gasteiger partial charge >= 0.3 is 0 Å². The standard InChI is InChI=1S/C17H14F2O/c18-15-7-4-11(8-16(15)19)9-17(20)14-6-5-12-2-1-3-13(12)10-14/h4-8,10H,1-3,9H2. The first-order valence-corrected chi connectivity index (χ1v) is 6.72. The first-order chi connectivity index (χ1) is 9.63. The van der Waals surface area contributed by atoms with Gasteiger partial charge in [0.1, 0.15) is 0 Å². The minimum Gasteiger partial charge on any atom is -0.294 e. The van der Waals surface area contributed by atoms with E-state index in [1.165, 1.54) is 17.2 Å². The summed E-state index contributed by atoms with van der Waals surface area (Å²) < 4.78 is 26.0. The number of hydrogen-bond donors (Lipinski definition) is 0. The van der Waals surface area contributed by atoms with Crippen LogP contribution in [-0.2, 0) is 19.3 Å². The molecule has 2 aromatic carbocycles. The van der Waals surface area contributed by atoms with Crippen LogP contribution in [0.25, 0.3) is 0 Å². The Kier molecular flexibility index (Phi) is 3.35. The average molecular weight is 272 g/mol. The Bertz CT molecular complexity index is 677. The Morgan fingerprint density at radius 3 is 2.55 bits per heavy atom. The van der Waals surface area contributed by atoms with E-state index in [9.17, 15) is 13.6 Å². The lowest BCUT2D eigenvalue weighted by atomic mass is 9.99. The minimum atomic E-state index is -0.913. The first kappa shape index (κ1) is 13.0. The lowest BCUT2D eigenvalue weighted by Gasteiger charge is -2.05. The molecule has 0 amide bonds. The van der Waals surface area contributed by atoms with Gasteiger partial charge in [-0.2, -0.15) is 0 Å². The molecule has 1 aliphatic carbocycles. The maximum Gasteiger partial charge on any atom is 0.167 e. The molecule has 20 heavy (non-hydrogen) atoms. The van der Waals surface area contributed by atoms with Gasteiger partial charge < -0.3 is 0 Å². The number of rotatable bonds is 3. The molecule has 0 N–H and O–H groups in total. The predicted octanol–water partition coefficient (Wildman–Crippen LogP) is 3.88. The molecule has 0 atom stereocenters. The molecular weight excluding hydrogens is 258 g/mol. The molecule has 1 nitrogen and oxygen atoms in total. The van der Waals surface area contributed by atoms with Gasteiger partial charge in [-0.05, 0) is 54.2 Å². The summed E-state index contributed by atoms with van der Waals surface area (Å²) in [5.74, 6) is -1.87. The van der Waals surface area contributed by atoms with Crippen molar-refractivity contribution in [2.24, 2.45) is 0 Å². The zero-order valence-electron chi connectivity index (χ0n) is 11.0. The molecule has 0 aromatic heterocycles. The maximum atomic E-state index is 13.1. The third-order valence-corrected chi connectivity index (χ3v) is 3.77. The highest BCUT2D eigenvalue weighted by Crippen LogP contribution is 2.23. The molecule has 3 rings (SSSR count). The van der Waals surface area contributed by atoms with Crippen LogP contribution in [0.4, 0.5) is 8.78 Å². The van der Waals surface area contributed by atoms with Crippen molar-refractivity contribution in [1.82, 2.24) is 0 Å². The lowest BCUT2D eigenvalue weighted by molar-refractivity contribution is 0.0993. The number of ketones is 1. The third-order valence-electron chi connectivity index (χ3n) is 3.77. The predicted molar refractivity (Wildman–Crippen MR) is 72.9 cm³/mol. The van der Waals surface area contributed by atoms with Gasteiger partial charge in [0.2, 0.25) is 0 Å². The topological polar surface area (TPSA) is 17.1 Å². The van der Waals surface area contributed by atoms with E-state index in [1.54, 1.807) is 0 Å². The Morgan fingerprint density at radius 2 is 1.75 bits per heavy atom. The van der Waals surface area contributed by atoms with E-state index >= 15 is 0 Å². The van der Waals surface area contributed by atoms with Crippen molar-refractivity contribution in [3.05, 3.63) is 70.3 Å². The highest BCUT2D eigenvalue weighted by Gasteiger charge is 2.14. The summed E-state index contributed by atoms with van der Waals surface area (Å²) in [6, 6.07) is 9.35. The van der Waals surface area contributed by atoms with Crippen molar-refractivity contribution < 1.29 is 13.6 Å². The summed E-state index contributed by atoms with van der Waals surface area (Å²) in [6.45, 7) is 0. The molecule has 2 aromatic rings. The largest absolute Gasteiger partial charge is 0.294 e. The Morgan fingerprint density at radius 1 is 0.950 bits per heavy atom. The quantitative estimate of drug-likeness (QED) is 0.775. The Hall–Kier alpha value is -2.03. The highest BCUT2D eigenvalue weighted by molar-refractivity contribution is 5.97. The molecule has 0 heterocycles. The number of Topliss-reactive ketones (excluding diaryl/α,β-unsaturated/α-hetero) is 1. The summed E-state index contributed by atoms with van der Waals surface area (Å²) in [6.07, 6.45) is 3.32. The molecule has 0 unspecified atom stereocenters. The second kappa shape index (κ2) is 5.16. The fraction of sp³-hybridized carbons (Fsp3) is 0.235. The van der Waals surface area contributed by atoms with Crippen molar-refractivity contribution in [3.8, 4) is 0 Å². The van der Waals surface area contributed by atoms with Crippen molar-refractivity contribution in [1.29, 1.82) is 0 Å². The van der Waals surface area contributed by atoms with E-state index in [0.717, 1.165) is 31.4 Å². The summed E-state index contributed by atoms with van der Waals surface area (Å²) in [5, 5.41) is 0. The second-order valence-corrected chi connectivity index (χ2v) is 5.19. The Labute approximate surface area is 116 Å². The zero-order valence-corrected chi connectivity index (χ0v) is 11.0. The van der Waals surface area contributed by atoms with Crippen LogP contribution in [-0.4, -0.2) is 5.78 Å². The van der Waals surface area contributed by atoms with Gasteiger partial charge in [0, 0.05) is 12.0 Å². The SMILES string of the molecule is O=C(Cc1ccc(F)c(F)c1)c1ccc2c(c1)CCC2. The van der Waals surface area contributed by atoms with Gasteiger partial charge in [-0.1, -0.05) is 18.2 Å². The molecule has 0 saturated carbocycles. The van der Waals surface area contributed by atoms with E-state index in [-0.39, 0.29) is 12.2 Å². The summed E-state index contributed by atoms with van der Waals surface area (Å²) in [5.41, 5.74) is 3.69. The molecule has 3 heteroatoms. The fourth-order valence-electron chi connectivity index (χ4n) is 2.68. The summed E-state index contributed by atoms with van der Waals surface area (Å²) >= 11 is 0. The van der Waals surface area contributed by atoms with Crippen LogP contribution in [0.2, 0.25) is 0 Å². The van der Waals surface area contributed by atoms with Crippen LogP contribution < -0.4 is 0 Å². The number of carbonyl (C=O) groups is 1. The molecule has 0 radical (unpaired) electrons. The maximum absolute atomic E-state index is 13.1. The van der Waals surface area contributed by atoms with Gasteiger partial charge in [0.05, 0.1) is 0 Å². The normalized spacial score (nSPS) is 13.3. The van der Waals surface area contributed by atoms with Crippen molar-refractivity contribution in [2.75, 3.05) is 0 Å². The monoisotopic (exact) mass is 272 g/mol. The highest BCUT2D eigenvalue weighted by atomic mass is 19.2. The molecule has 102 valence electrons.